The highest BCUT2D eigenvalue weighted by Crippen LogP contribution is 2.35. The molecule has 2 aromatic rings. The number of nitrogens with zero attached hydrogens (tertiary/aromatic N) is 5. The van der Waals surface area contributed by atoms with Gasteiger partial charge in [0.25, 0.3) is 0 Å². The molecule has 3 heterocycles. The summed E-state index contributed by atoms with van der Waals surface area (Å²) in [7, 11) is 4.14. The van der Waals surface area contributed by atoms with Crippen LogP contribution >= 0.6 is 11.3 Å². The summed E-state index contributed by atoms with van der Waals surface area (Å²) in [5.41, 5.74) is 2.85. The molecule has 1 N–H and O–H groups in total. The monoisotopic (exact) mass is 346 g/mol. The Hall–Kier alpha value is -1.90. The molecular weight excluding hydrogens is 324 g/mol. The SMILES string of the molecule is CN(CC(=O)Nc1nncs1)C[C@@H]1CCN(C)[C@H]1c1cccnc1. The van der Waals surface area contributed by atoms with Crippen LogP contribution in [0.4, 0.5) is 5.13 Å². The second-order valence-electron chi connectivity index (χ2n) is 6.25. The first-order valence-corrected chi connectivity index (χ1v) is 8.86. The maximum absolute atomic E-state index is 12.1. The van der Waals surface area contributed by atoms with Crippen LogP contribution in [0.15, 0.2) is 30.0 Å². The lowest BCUT2D eigenvalue weighted by Gasteiger charge is -2.28. The molecule has 2 atom stereocenters. The highest BCUT2D eigenvalue weighted by molar-refractivity contribution is 7.13. The normalized spacial score (nSPS) is 21.3. The van der Waals surface area contributed by atoms with Crippen LogP contribution in [0, 0.1) is 5.92 Å². The average Bonchev–Trinajstić information content (AvgIpc) is 3.18. The molecule has 1 fully saturated rings. The number of hydrogen-bond donors (Lipinski definition) is 1. The van der Waals surface area contributed by atoms with Crippen molar-refractivity contribution in [2.75, 3.05) is 39.0 Å². The van der Waals surface area contributed by atoms with Gasteiger partial charge >= 0.3 is 0 Å². The van der Waals surface area contributed by atoms with Crippen molar-refractivity contribution in [2.45, 2.75) is 12.5 Å². The molecule has 0 aliphatic carbocycles. The molecule has 8 heteroatoms. The highest BCUT2D eigenvalue weighted by atomic mass is 32.1. The minimum Gasteiger partial charge on any atom is -0.299 e. The number of carbonyl (C=O) groups is 1. The molecule has 128 valence electrons. The summed E-state index contributed by atoms with van der Waals surface area (Å²) < 4.78 is 0. The van der Waals surface area contributed by atoms with Gasteiger partial charge < -0.3 is 0 Å². The summed E-state index contributed by atoms with van der Waals surface area (Å²) in [5.74, 6) is 0.428. The molecule has 3 rings (SSSR count). The number of amides is 1. The Morgan fingerprint density at radius 2 is 2.42 bits per heavy atom. The van der Waals surface area contributed by atoms with Crippen molar-refractivity contribution in [3.05, 3.63) is 35.6 Å². The van der Waals surface area contributed by atoms with E-state index in [1.807, 2.05) is 19.3 Å². The van der Waals surface area contributed by atoms with Gasteiger partial charge in [0.05, 0.1) is 6.54 Å². The molecule has 0 radical (unpaired) electrons. The van der Waals surface area contributed by atoms with Gasteiger partial charge in [0.1, 0.15) is 5.51 Å². The van der Waals surface area contributed by atoms with Gasteiger partial charge in [-0.05, 0) is 44.6 Å². The van der Waals surface area contributed by atoms with E-state index in [4.69, 9.17) is 0 Å². The van der Waals surface area contributed by atoms with Gasteiger partial charge in [-0.3, -0.25) is 24.9 Å². The first-order chi connectivity index (χ1) is 11.6. The molecule has 0 spiro atoms. The quantitative estimate of drug-likeness (QED) is 0.854. The molecule has 1 amide bonds. The van der Waals surface area contributed by atoms with Crippen LogP contribution in [0.25, 0.3) is 0 Å². The van der Waals surface area contributed by atoms with E-state index in [0.29, 0.717) is 23.6 Å². The van der Waals surface area contributed by atoms with Crippen molar-refractivity contribution in [1.29, 1.82) is 0 Å². The second-order valence-corrected chi connectivity index (χ2v) is 7.08. The molecule has 7 nitrogen and oxygen atoms in total. The number of pyridine rings is 1. The molecule has 0 unspecified atom stereocenters. The van der Waals surface area contributed by atoms with Gasteiger partial charge in [0, 0.05) is 25.0 Å². The van der Waals surface area contributed by atoms with Crippen LogP contribution in [0.2, 0.25) is 0 Å². The van der Waals surface area contributed by atoms with E-state index in [2.05, 4.69) is 43.4 Å². The first-order valence-electron chi connectivity index (χ1n) is 7.98. The highest BCUT2D eigenvalue weighted by Gasteiger charge is 2.33. The number of likely N-dealkylation sites (N-methyl/N-ethyl adjacent to an activating group) is 1. The first kappa shape index (κ1) is 16.9. The molecule has 1 saturated heterocycles. The van der Waals surface area contributed by atoms with Crippen molar-refractivity contribution in [3.63, 3.8) is 0 Å². The third-order valence-electron chi connectivity index (χ3n) is 4.37. The molecule has 0 bridgehead atoms. The molecule has 1 aliphatic rings. The van der Waals surface area contributed by atoms with Crippen LogP contribution in [-0.4, -0.2) is 64.6 Å². The van der Waals surface area contributed by atoms with E-state index >= 15 is 0 Å². The summed E-state index contributed by atoms with van der Waals surface area (Å²) in [6.45, 7) is 2.28. The summed E-state index contributed by atoms with van der Waals surface area (Å²) in [6, 6.07) is 4.47. The number of nitrogens with one attached hydrogen (secondary N) is 1. The Balaban J connectivity index is 1.57. The molecule has 0 saturated carbocycles. The molecule has 24 heavy (non-hydrogen) atoms. The number of carbonyl (C=O) groups excluding carboxylic acids is 1. The lowest BCUT2D eigenvalue weighted by molar-refractivity contribution is -0.117. The minimum absolute atomic E-state index is 0.0569. The van der Waals surface area contributed by atoms with Crippen molar-refractivity contribution < 1.29 is 4.79 Å². The van der Waals surface area contributed by atoms with Crippen molar-refractivity contribution in [3.8, 4) is 0 Å². The number of aromatic nitrogens is 3. The smallest absolute Gasteiger partial charge is 0.240 e. The Morgan fingerprint density at radius 1 is 1.54 bits per heavy atom. The van der Waals surface area contributed by atoms with Gasteiger partial charge in [-0.2, -0.15) is 0 Å². The Kier molecular flexibility index (Phi) is 5.49. The number of anilines is 1. The van der Waals surface area contributed by atoms with E-state index < -0.39 is 0 Å². The Bertz CT molecular complexity index is 650. The van der Waals surface area contributed by atoms with E-state index in [9.17, 15) is 4.79 Å². The zero-order valence-corrected chi connectivity index (χ0v) is 14.7. The summed E-state index contributed by atoms with van der Waals surface area (Å²) in [5, 5.41) is 10.9. The fourth-order valence-corrected chi connectivity index (χ4v) is 3.85. The van der Waals surface area contributed by atoms with Gasteiger partial charge in [-0.1, -0.05) is 17.4 Å². The average molecular weight is 346 g/mol. The van der Waals surface area contributed by atoms with Gasteiger partial charge in [-0.15, -0.1) is 10.2 Å². The van der Waals surface area contributed by atoms with Crippen molar-refractivity contribution in [1.82, 2.24) is 25.0 Å². The van der Waals surface area contributed by atoms with Crippen molar-refractivity contribution in [2.24, 2.45) is 5.92 Å². The van der Waals surface area contributed by atoms with E-state index in [1.54, 1.807) is 11.7 Å². The third kappa shape index (κ3) is 4.14. The number of likely N-dealkylation sites (tertiary alicyclic amines) is 1. The van der Waals surface area contributed by atoms with Gasteiger partial charge in [0.2, 0.25) is 11.0 Å². The zero-order chi connectivity index (χ0) is 16.9. The Morgan fingerprint density at radius 3 is 3.12 bits per heavy atom. The predicted molar refractivity (Wildman–Crippen MR) is 93.8 cm³/mol. The third-order valence-corrected chi connectivity index (χ3v) is 4.97. The molecule has 1 aliphatic heterocycles. The van der Waals surface area contributed by atoms with Gasteiger partial charge in [0.15, 0.2) is 0 Å². The largest absolute Gasteiger partial charge is 0.299 e. The topological polar surface area (TPSA) is 74.2 Å². The van der Waals surface area contributed by atoms with E-state index in [0.717, 1.165) is 19.5 Å². The summed E-state index contributed by atoms with van der Waals surface area (Å²) >= 11 is 1.32. The maximum atomic E-state index is 12.1. The van der Waals surface area contributed by atoms with E-state index in [-0.39, 0.29) is 5.91 Å². The lowest BCUT2D eigenvalue weighted by atomic mass is 9.94. The standard InChI is InChI=1S/C16H22N6OS/c1-21(10-14(23)19-16-20-18-11-24-16)9-13-5-7-22(2)15(13)12-4-3-6-17-8-12/h3-4,6,8,11,13,15H,5,7,9-10H2,1-2H3,(H,19,20,23)/t13-,15-/m0/s1. The second kappa shape index (κ2) is 7.78. The number of hydrogen-bond acceptors (Lipinski definition) is 7. The summed E-state index contributed by atoms with van der Waals surface area (Å²) in [6.07, 6.45) is 4.87. The molecular formula is C16H22N6OS. The van der Waals surface area contributed by atoms with Crippen LogP contribution in [-0.2, 0) is 4.79 Å². The van der Waals surface area contributed by atoms with Crippen LogP contribution in [0.5, 0.6) is 0 Å². The summed E-state index contributed by atoms with van der Waals surface area (Å²) in [4.78, 5) is 20.8. The van der Waals surface area contributed by atoms with Crippen LogP contribution in [0.3, 0.4) is 0 Å². The molecule has 0 aromatic carbocycles. The predicted octanol–water partition coefficient (Wildman–Crippen LogP) is 1.50. The fourth-order valence-electron chi connectivity index (χ4n) is 3.39. The van der Waals surface area contributed by atoms with Gasteiger partial charge in [-0.25, -0.2) is 0 Å². The fraction of sp³-hybridized carbons (Fsp3) is 0.500. The number of rotatable bonds is 6. The molecule has 2 aromatic heterocycles. The zero-order valence-electron chi connectivity index (χ0n) is 13.9. The Labute approximate surface area is 145 Å². The maximum Gasteiger partial charge on any atom is 0.240 e. The lowest BCUT2D eigenvalue weighted by Crippen LogP contribution is -2.35. The van der Waals surface area contributed by atoms with E-state index in [1.165, 1.54) is 16.9 Å². The van der Waals surface area contributed by atoms with Crippen molar-refractivity contribution >= 4 is 22.4 Å². The van der Waals surface area contributed by atoms with Crippen LogP contribution < -0.4 is 5.32 Å². The minimum atomic E-state index is -0.0569. The van der Waals surface area contributed by atoms with Crippen LogP contribution in [0.1, 0.15) is 18.0 Å².